The van der Waals surface area contributed by atoms with Gasteiger partial charge in [-0.1, -0.05) is 26.0 Å². The molecule has 1 aromatic carbocycles. The van der Waals surface area contributed by atoms with E-state index < -0.39 is 24.2 Å². The van der Waals surface area contributed by atoms with Gasteiger partial charge in [-0.15, -0.1) is 0 Å². The van der Waals surface area contributed by atoms with Crippen LogP contribution in [0.15, 0.2) is 29.4 Å². The predicted octanol–water partition coefficient (Wildman–Crippen LogP) is 2.73. The number of alkyl halides is 3. The number of methoxy groups -OCH3 is 1. The molecule has 1 aromatic rings. The smallest absolute Gasteiger partial charge is 0.438 e. The second-order valence-electron chi connectivity index (χ2n) is 5.97. The largest absolute Gasteiger partial charge is 0.497 e. The van der Waals surface area contributed by atoms with Crippen molar-refractivity contribution >= 4 is 11.6 Å². The summed E-state index contributed by atoms with van der Waals surface area (Å²) in [4.78, 5) is 12.3. The number of nitrogens with zero attached hydrogens (tertiary/aromatic N) is 2. The van der Waals surface area contributed by atoms with Crippen LogP contribution in [0.4, 0.5) is 13.2 Å². The molecule has 0 radical (unpaired) electrons. The van der Waals surface area contributed by atoms with Crippen LogP contribution in [0.1, 0.15) is 25.8 Å². The summed E-state index contributed by atoms with van der Waals surface area (Å²) in [6.45, 7) is 3.32. The molecule has 0 bridgehead atoms. The highest BCUT2D eigenvalue weighted by Gasteiger charge is 2.63. The lowest BCUT2D eigenvalue weighted by Gasteiger charge is -2.32. The molecule has 8 heteroatoms. The molecule has 5 nitrogen and oxygen atoms in total. The van der Waals surface area contributed by atoms with Gasteiger partial charge in [0.05, 0.1) is 13.5 Å². The molecule has 1 N–H and O–H groups in total. The van der Waals surface area contributed by atoms with Gasteiger partial charge in [-0.3, -0.25) is 4.79 Å². The average molecular weight is 344 g/mol. The molecule has 1 aliphatic rings. The van der Waals surface area contributed by atoms with Crippen LogP contribution in [0.2, 0.25) is 0 Å². The van der Waals surface area contributed by atoms with Crippen LogP contribution in [0.25, 0.3) is 0 Å². The standard InChI is InChI=1S/C16H19F3N2O3/c1-10(2)13-9-15(23,16(17,18)19)21(20-13)14(22)8-11-4-6-12(24-3)7-5-11/h4-7,10,23H,8-9H2,1-3H3/t15-/m0/s1. The zero-order valence-corrected chi connectivity index (χ0v) is 13.6. The first kappa shape index (κ1) is 18.3. The normalized spacial score (nSPS) is 21.2. The van der Waals surface area contributed by atoms with Crippen LogP contribution in [0.5, 0.6) is 5.75 Å². The van der Waals surface area contributed by atoms with Crippen molar-refractivity contribution in [3.63, 3.8) is 0 Å². The average Bonchev–Trinajstić information content (AvgIpc) is 2.87. The molecule has 1 atom stereocenters. The Balaban J connectivity index is 2.26. The first-order valence-corrected chi connectivity index (χ1v) is 7.41. The fourth-order valence-corrected chi connectivity index (χ4v) is 2.37. The minimum absolute atomic E-state index is 0.137. The summed E-state index contributed by atoms with van der Waals surface area (Å²) in [6, 6.07) is 6.36. The van der Waals surface area contributed by atoms with Crippen molar-refractivity contribution in [2.45, 2.75) is 38.6 Å². The number of carbonyl (C=O) groups excluding carboxylic acids is 1. The Hall–Kier alpha value is -2.09. The summed E-state index contributed by atoms with van der Waals surface area (Å²) in [5.41, 5.74) is -2.66. The maximum absolute atomic E-state index is 13.3. The van der Waals surface area contributed by atoms with E-state index in [4.69, 9.17) is 4.74 Å². The van der Waals surface area contributed by atoms with Gasteiger partial charge in [-0.05, 0) is 23.6 Å². The van der Waals surface area contributed by atoms with Crippen molar-refractivity contribution in [2.75, 3.05) is 7.11 Å². The zero-order chi connectivity index (χ0) is 18.1. The highest BCUT2D eigenvalue weighted by atomic mass is 19.4. The second-order valence-corrected chi connectivity index (χ2v) is 5.97. The Morgan fingerprint density at radius 1 is 1.38 bits per heavy atom. The number of hydrogen-bond donors (Lipinski definition) is 1. The molecule has 0 unspecified atom stereocenters. The Kier molecular flexibility index (Phi) is 4.89. The molecule has 0 saturated carbocycles. The number of rotatable bonds is 4. The van der Waals surface area contributed by atoms with E-state index in [9.17, 15) is 23.1 Å². The fourth-order valence-electron chi connectivity index (χ4n) is 2.37. The SMILES string of the molecule is COc1ccc(CC(=O)N2N=C(C(C)C)C[C@]2(O)C(F)(F)F)cc1. The minimum Gasteiger partial charge on any atom is -0.497 e. The first-order chi connectivity index (χ1) is 11.1. The Labute approximate surface area is 137 Å². The van der Waals surface area contributed by atoms with Crippen LogP contribution < -0.4 is 4.74 Å². The van der Waals surface area contributed by atoms with Gasteiger partial charge in [-0.2, -0.15) is 23.3 Å². The molecule has 1 heterocycles. The number of halogens is 3. The van der Waals surface area contributed by atoms with Crippen molar-refractivity contribution in [2.24, 2.45) is 11.0 Å². The van der Waals surface area contributed by atoms with Gasteiger partial charge in [-0.25, -0.2) is 0 Å². The lowest BCUT2D eigenvalue weighted by atomic mass is 9.99. The number of hydrazone groups is 1. The number of carbonyl (C=O) groups is 1. The number of benzene rings is 1. The molecule has 0 spiro atoms. The lowest BCUT2D eigenvalue weighted by molar-refractivity contribution is -0.302. The maximum atomic E-state index is 13.3. The lowest BCUT2D eigenvalue weighted by Crippen LogP contribution is -2.57. The van der Waals surface area contributed by atoms with Crippen LogP contribution >= 0.6 is 0 Å². The van der Waals surface area contributed by atoms with Crippen LogP contribution in [0.3, 0.4) is 0 Å². The molecule has 2 rings (SSSR count). The predicted molar refractivity (Wildman–Crippen MR) is 81.4 cm³/mol. The second kappa shape index (κ2) is 6.43. The monoisotopic (exact) mass is 344 g/mol. The highest BCUT2D eigenvalue weighted by Crippen LogP contribution is 2.41. The van der Waals surface area contributed by atoms with E-state index in [1.54, 1.807) is 38.1 Å². The molecule has 1 amide bonds. The van der Waals surface area contributed by atoms with Crippen molar-refractivity contribution < 1.29 is 27.8 Å². The molecule has 0 fully saturated rings. The summed E-state index contributed by atoms with van der Waals surface area (Å²) >= 11 is 0. The van der Waals surface area contributed by atoms with E-state index in [0.29, 0.717) is 11.3 Å². The number of hydrogen-bond acceptors (Lipinski definition) is 4. The van der Waals surface area contributed by atoms with Crippen molar-refractivity contribution in [1.29, 1.82) is 0 Å². The molecule has 0 aliphatic carbocycles. The molecular weight excluding hydrogens is 325 g/mol. The summed E-state index contributed by atoms with van der Waals surface area (Å²) < 4.78 is 44.9. The highest BCUT2D eigenvalue weighted by molar-refractivity contribution is 5.92. The third kappa shape index (κ3) is 3.38. The number of aliphatic hydroxyl groups is 1. The Bertz CT molecular complexity index is 641. The third-order valence-electron chi connectivity index (χ3n) is 3.88. The van der Waals surface area contributed by atoms with Gasteiger partial charge in [0.1, 0.15) is 5.75 Å². The molecule has 132 valence electrons. The Morgan fingerprint density at radius 2 is 1.96 bits per heavy atom. The first-order valence-electron chi connectivity index (χ1n) is 7.41. The van der Waals surface area contributed by atoms with Gasteiger partial charge in [0, 0.05) is 12.1 Å². The number of ether oxygens (including phenoxy) is 1. The zero-order valence-electron chi connectivity index (χ0n) is 13.6. The van der Waals surface area contributed by atoms with Crippen molar-refractivity contribution in [1.82, 2.24) is 5.01 Å². The van der Waals surface area contributed by atoms with Crippen LogP contribution in [0, 0.1) is 5.92 Å². The summed E-state index contributed by atoms with van der Waals surface area (Å²) in [7, 11) is 1.48. The maximum Gasteiger partial charge on any atom is 0.438 e. The molecule has 1 aliphatic heterocycles. The van der Waals surface area contributed by atoms with Crippen LogP contribution in [-0.2, 0) is 11.2 Å². The van der Waals surface area contributed by atoms with Gasteiger partial charge in [0.25, 0.3) is 5.72 Å². The third-order valence-corrected chi connectivity index (χ3v) is 3.88. The quantitative estimate of drug-likeness (QED) is 0.914. The molecular formula is C16H19F3N2O3. The van der Waals surface area contributed by atoms with Crippen molar-refractivity contribution in [3.8, 4) is 5.75 Å². The summed E-state index contributed by atoms with van der Waals surface area (Å²) in [5, 5.41) is 14.0. The van der Waals surface area contributed by atoms with E-state index in [1.165, 1.54) is 7.11 Å². The van der Waals surface area contributed by atoms with Gasteiger partial charge in [0.15, 0.2) is 0 Å². The fraction of sp³-hybridized carbons (Fsp3) is 0.500. The minimum atomic E-state index is -5.00. The van der Waals surface area contributed by atoms with E-state index >= 15 is 0 Å². The van der Waals surface area contributed by atoms with Crippen LogP contribution in [-0.4, -0.2) is 40.7 Å². The van der Waals surface area contributed by atoms with E-state index in [-0.39, 0.29) is 23.1 Å². The van der Waals surface area contributed by atoms with Gasteiger partial charge < -0.3 is 9.84 Å². The van der Waals surface area contributed by atoms with Gasteiger partial charge >= 0.3 is 6.18 Å². The van der Waals surface area contributed by atoms with Crippen molar-refractivity contribution in [3.05, 3.63) is 29.8 Å². The summed E-state index contributed by atoms with van der Waals surface area (Å²) in [6.07, 6.45) is -6.04. The summed E-state index contributed by atoms with van der Waals surface area (Å²) in [5.74, 6) is -0.660. The van der Waals surface area contributed by atoms with E-state index in [1.807, 2.05) is 0 Å². The molecule has 24 heavy (non-hydrogen) atoms. The Morgan fingerprint density at radius 3 is 2.42 bits per heavy atom. The number of amides is 1. The molecule has 0 saturated heterocycles. The van der Waals surface area contributed by atoms with E-state index in [2.05, 4.69) is 5.10 Å². The topological polar surface area (TPSA) is 62.1 Å². The molecule has 0 aromatic heterocycles. The van der Waals surface area contributed by atoms with E-state index in [0.717, 1.165) is 0 Å². The van der Waals surface area contributed by atoms with Gasteiger partial charge in [0.2, 0.25) is 5.91 Å².